The Hall–Kier alpha value is -3.00. The van der Waals surface area contributed by atoms with Crippen LogP contribution in [0.25, 0.3) is 0 Å². The first-order valence-corrected chi connectivity index (χ1v) is 12.3. The lowest BCUT2D eigenvalue weighted by Gasteiger charge is -2.37. The summed E-state index contributed by atoms with van der Waals surface area (Å²) in [4.78, 5) is 38.4. The van der Waals surface area contributed by atoms with Gasteiger partial charge >= 0.3 is 5.97 Å². The Morgan fingerprint density at radius 3 is 2.59 bits per heavy atom. The third kappa shape index (κ3) is 4.51. The second kappa shape index (κ2) is 9.33. The summed E-state index contributed by atoms with van der Waals surface area (Å²) in [6, 6.07) is 5.51. The number of aromatic nitrogens is 2. The standard InChI is InChI=1S/C26H32N4O4/c1-18-27-16-21(17-28-18)33-20-5-6-23-22(15-20)25(32)34-26(23)9-7-19(8-10-26)24(31)29(2)13-14-30-11-3-4-12-30/h5-6,15-17,19H,3-4,7-14H2,1-2H3. The highest BCUT2D eigenvalue weighted by molar-refractivity contribution is 5.95. The fourth-order valence-corrected chi connectivity index (χ4v) is 5.43. The van der Waals surface area contributed by atoms with Gasteiger partial charge in [-0.05, 0) is 70.7 Å². The lowest BCUT2D eigenvalue weighted by molar-refractivity contribution is -0.137. The van der Waals surface area contributed by atoms with E-state index < -0.39 is 5.60 Å². The number of hydrogen-bond donors (Lipinski definition) is 0. The van der Waals surface area contributed by atoms with Crippen LogP contribution in [-0.4, -0.2) is 64.9 Å². The summed E-state index contributed by atoms with van der Waals surface area (Å²) in [5.74, 6) is 1.60. The van der Waals surface area contributed by atoms with Crippen molar-refractivity contribution in [2.24, 2.45) is 5.92 Å². The van der Waals surface area contributed by atoms with Gasteiger partial charge in [0.15, 0.2) is 5.75 Å². The molecule has 3 aliphatic rings. The fraction of sp³-hybridized carbons (Fsp3) is 0.538. The Labute approximate surface area is 200 Å². The fourth-order valence-electron chi connectivity index (χ4n) is 5.43. The summed E-state index contributed by atoms with van der Waals surface area (Å²) < 4.78 is 11.8. The van der Waals surface area contributed by atoms with Crippen LogP contribution in [0.4, 0.5) is 0 Å². The van der Waals surface area contributed by atoms with Crippen molar-refractivity contribution < 1.29 is 19.1 Å². The molecule has 0 radical (unpaired) electrons. The molecule has 8 heteroatoms. The predicted octanol–water partition coefficient (Wildman–Crippen LogP) is 3.69. The number of likely N-dealkylation sites (tertiary alicyclic amines) is 1. The third-order valence-electron chi connectivity index (χ3n) is 7.45. The Morgan fingerprint density at radius 1 is 1.18 bits per heavy atom. The zero-order valence-electron chi connectivity index (χ0n) is 20.0. The molecule has 0 N–H and O–H groups in total. The van der Waals surface area contributed by atoms with Gasteiger partial charge in [0.25, 0.3) is 0 Å². The van der Waals surface area contributed by atoms with Gasteiger partial charge in [0.05, 0.1) is 18.0 Å². The molecule has 2 aromatic rings. The van der Waals surface area contributed by atoms with Crippen molar-refractivity contribution in [3.63, 3.8) is 0 Å². The van der Waals surface area contributed by atoms with E-state index in [9.17, 15) is 9.59 Å². The summed E-state index contributed by atoms with van der Waals surface area (Å²) in [7, 11) is 1.91. The van der Waals surface area contributed by atoms with Gasteiger partial charge in [-0.2, -0.15) is 0 Å². The molecule has 2 fully saturated rings. The van der Waals surface area contributed by atoms with Gasteiger partial charge in [0.1, 0.15) is 17.2 Å². The largest absolute Gasteiger partial charge is 0.454 e. The maximum atomic E-state index is 13.0. The molecule has 34 heavy (non-hydrogen) atoms. The van der Waals surface area contributed by atoms with Crippen LogP contribution in [0.2, 0.25) is 0 Å². The van der Waals surface area contributed by atoms with Crippen LogP contribution in [0.15, 0.2) is 30.6 Å². The molecular weight excluding hydrogens is 432 g/mol. The summed E-state index contributed by atoms with van der Waals surface area (Å²) in [6.07, 6.45) is 8.50. The van der Waals surface area contributed by atoms with Crippen LogP contribution in [0.5, 0.6) is 11.5 Å². The molecule has 0 atom stereocenters. The van der Waals surface area contributed by atoms with E-state index in [0.717, 1.165) is 44.6 Å². The molecule has 1 aliphatic carbocycles. The number of benzene rings is 1. The molecule has 1 spiro atoms. The molecule has 0 bridgehead atoms. The molecule has 0 unspecified atom stereocenters. The number of hydrogen-bond acceptors (Lipinski definition) is 7. The number of nitrogens with zero attached hydrogens (tertiary/aromatic N) is 4. The lowest BCUT2D eigenvalue weighted by Crippen LogP contribution is -2.41. The number of likely N-dealkylation sites (N-methyl/N-ethyl adjacent to an activating group) is 1. The van der Waals surface area contributed by atoms with Crippen molar-refractivity contribution in [1.82, 2.24) is 19.8 Å². The number of carbonyl (C=O) groups excluding carboxylic acids is 2. The van der Waals surface area contributed by atoms with E-state index >= 15 is 0 Å². The average molecular weight is 465 g/mol. The van der Waals surface area contributed by atoms with Crippen LogP contribution in [0.1, 0.15) is 60.3 Å². The maximum Gasteiger partial charge on any atom is 0.339 e. The molecule has 2 aliphatic heterocycles. The third-order valence-corrected chi connectivity index (χ3v) is 7.45. The smallest absolute Gasteiger partial charge is 0.339 e. The van der Waals surface area contributed by atoms with Gasteiger partial charge in [-0.1, -0.05) is 6.07 Å². The van der Waals surface area contributed by atoms with Crippen LogP contribution in [-0.2, 0) is 15.1 Å². The summed E-state index contributed by atoms with van der Waals surface area (Å²) in [5.41, 5.74) is 0.805. The molecule has 1 saturated heterocycles. The van der Waals surface area contributed by atoms with E-state index in [1.807, 2.05) is 31.0 Å². The van der Waals surface area contributed by atoms with E-state index in [4.69, 9.17) is 9.47 Å². The minimum absolute atomic E-state index is 0.0129. The average Bonchev–Trinajstić information content (AvgIpc) is 3.46. The number of aryl methyl sites for hydroxylation is 1. The van der Waals surface area contributed by atoms with E-state index in [-0.39, 0.29) is 17.8 Å². The molecule has 1 amide bonds. The highest BCUT2D eigenvalue weighted by Gasteiger charge is 2.48. The highest BCUT2D eigenvalue weighted by Crippen LogP contribution is 2.49. The molecule has 1 aromatic heterocycles. The van der Waals surface area contributed by atoms with E-state index in [0.29, 0.717) is 35.7 Å². The Kier molecular flexibility index (Phi) is 6.25. The molecule has 1 aromatic carbocycles. The quantitative estimate of drug-likeness (QED) is 0.603. The SMILES string of the molecule is Cc1ncc(Oc2ccc3c(c2)C(=O)OC32CCC(C(=O)N(C)CCN3CCCC3)CC2)cn1. The van der Waals surface area contributed by atoms with Crippen molar-refractivity contribution in [3.05, 3.63) is 47.5 Å². The zero-order valence-corrected chi connectivity index (χ0v) is 20.0. The minimum atomic E-state index is -0.636. The van der Waals surface area contributed by atoms with Crippen molar-refractivity contribution in [1.29, 1.82) is 0 Å². The summed E-state index contributed by atoms with van der Waals surface area (Å²) in [6.45, 7) is 5.81. The zero-order chi connectivity index (χ0) is 23.7. The van der Waals surface area contributed by atoms with Crippen LogP contribution >= 0.6 is 0 Å². The molecule has 5 rings (SSSR count). The normalized spacial score (nSPS) is 24.2. The topological polar surface area (TPSA) is 84.9 Å². The first kappa shape index (κ1) is 22.8. The number of amides is 1. The molecular formula is C26H32N4O4. The van der Waals surface area contributed by atoms with Crippen molar-refractivity contribution in [3.8, 4) is 11.5 Å². The number of carbonyl (C=O) groups is 2. The molecule has 1 saturated carbocycles. The van der Waals surface area contributed by atoms with Crippen molar-refractivity contribution in [2.75, 3.05) is 33.2 Å². The number of ether oxygens (including phenoxy) is 2. The van der Waals surface area contributed by atoms with Crippen molar-refractivity contribution in [2.45, 2.75) is 51.0 Å². The Bertz CT molecular complexity index is 1060. The van der Waals surface area contributed by atoms with Gasteiger partial charge in [-0.15, -0.1) is 0 Å². The van der Waals surface area contributed by atoms with E-state index in [1.54, 1.807) is 18.5 Å². The van der Waals surface area contributed by atoms with Crippen LogP contribution in [0, 0.1) is 12.8 Å². The summed E-state index contributed by atoms with van der Waals surface area (Å²) >= 11 is 0. The molecule has 3 heterocycles. The molecule has 180 valence electrons. The van der Waals surface area contributed by atoms with Gasteiger partial charge in [-0.25, -0.2) is 14.8 Å². The minimum Gasteiger partial charge on any atom is -0.454 e. The van der Waals surface area contributed by atoms with E-state index in [1.165, 1.54) is 12.8 Å². The number of esters is 1. The lowest BCUT2D eigenvalue weighted by atomic mass is 9.74. The van der Waals surface area contributed by atoms with Crippen molar-refractivity contribution >= 4 is 11.9 Å². The molecule has 8 nitrogen and oxygen atoms in total. The summed E-state index contributed by atoms with van der Waals surface area (Å²) in [5, 5.41) is 0. The maximum absolute atomic E-state index is 13.0. The van der Waals surface area contributed by atoms with Gasteiger partial charge in [0.2, 0.25) is 5.91 Å². The van der Waals surface area contributed by atoms with Crippen LogP contribution < -0.4 is 4.74 Å². The Morgan fingerprint density at radius 2 is 1.88 bits per heavy atom. The van der Waals surface area contributed by atoms with Crippen LogP contribution in [0.3, 0.4) is 0 Å². The number of rotatable bonds is 6. The van der Waals surface area contributed by atoms with Gasteiger partial charge < -0.3 is 19.3 Å². The van der Waals surface area contributed by atoms with E-state index in [2.05, 4.69) is 14.9 Å². The second-order valence-corrected chi connectivity index (χ2v) is 9.74. The van der Waals surface area contributed by atoms with Gasteiger partial charge in [0, 0.05) is 31.6 Å². The monoisotopic (exact) mass is 464 g/mol. The highest BCUT2D eigenvalue weighted by atomic mass is 16.6. The number of fused-ring (bicyclic) bond motifs is 2. The first-order valence-electron chi connectivity index (χ1n) is 12.3. The van der Waals surface area contributed by atoms with Gasteiger partial charge in [-0.3, -0.25) is 4.79 Å². The Balaban J connectivity index is 1.22. The first-order chi connectivity index (χ1) is 16.4. The predicted molar refractivity (Wildman–Crippen MR) is 126 cm³/mol. The second-order valence-electron chi connectivity index (χ2n) is 9.74.